The van der Waals surface area contributed by atoms with Crippen molar-refractivity contribution in [3.8, 4) is 6.57 Å². The van der Waals surface area contributed by atoms with Gasteiger partial charge in [-0.25, -0.2) is 19.6 Å². The molecule has 2 atom stereocenters. The molecular weight excluding hydrogens is 486 g/mol. The van der Waals surface area contributed by atoms with E-state index in [1.807, 2.05) is 12.1 Å². The van der Waals surface area contributed by atoms with E-state index in [2.05, 4.69) is 16.7 Å². The van der Waals surface area contributed by atoms with Gasteiger partial charge in [-0.15, -0.1) is 0 Å². The summed E-state index contributed by atoms with van der Waals surface area (Å²) in [5.41, 5.74) is 7.51. The van der Waals surface area contributed by atoms with Crippen LogP contribution in [-0.2, 0) is 23.8 Å². The molecule has 13 nitrogen and oxygen atoms in total. The number of nitrogens with two attached hydrogens (primary N) is 1. The molecule has 0 spiro atoms. The standard InChI is InChI=1S/C15H20N4O4.C8H14O4.CHN/c1-9(2)22-15(20)21-7-10-3-6-13(23-10)11-4-5-12-14(16)17-8-18-19(11)12;9-7(10)5-3-1-2-4-6-8(11)12;1-2/h4-5,8-10,13H,3,6-7H2,1-2H3,(H2,16,17,18);1-6H2,(H,9,10)(H,11,12);1H. The lowest BCUT2D eigenvalue weighted by molar-refractivity contribution is -0.138. The molecule has 1 fully saturated rings. The quantitative estimate of drug-likeness (QED) is 0.286. The number of nitrogens with zero attached hydrogens (tertiary/aromatic N) is 4. The molecule has 37 heavy (non-hydrogen) atoms. The van der Waals surface area contributed by atoms with Crippen LogP contribution in [0.3, 0.4) is 0 Å². The van der Waals surface area contributed by atoms with Crippen molar-refractivity contribution in [1.82, 2.24) is 14.6 Å². The van der Waals surface area contributed by atoms with Crippen LogP contribution >= 0.6 is 0 Å². The average Bonchev–Trinajstić information content (AvgIpc) is 3.49. The molecule has 13 heteroatoms. The number of nitrogen functional groups attached to an aromatic ring is 1. The highest BCUT2D eigenvalue weighted by atomic mass is 16.7. The van der Waals surface area contributed by atoms with Crippen LogP contribution in [0.4, 0.5) is 10.6 Å². The van der Waals surface area contributed by atoms with Crippen LogP contribution in [-0.4, -0.2) is 61.7 Å². The summed E-state index contributed by atoms with van der Waals surface area (Å²) in [4.78, 5) is 35.5. The zero-order valence-electron chi connectivity index (χ0n) is 21.1. The molecule has 3 heterocycles. The van der Waals surface area contributed by atoms with Crippen molar-refractivity contribution in [1.29, 1.82) is 5.26 Å². The summed E-state index contributed by atoms with van der Waals surface area (Å²) in [5, 5.41) is 27.2. The normalized spacial score (nSPS) is 16.2. The van der Waals surface area contributed by atoms with E-state index in [1.54, 1.807) is 18.4 Å². The fourth-order valence-electron chi connectivity index (χ4n) is 3.56. The Morgan fingerprint density at radius 3 is 2.32 bits per heavy atom. The maximum atomic E-state index is 11.4. The molecule has 1 aliphatic heterocycles. The lowest BCUT2D eigenvalue weighted by atomic mass is 10.1. The molecule has 0 amide bonds. The third kappa shape index (κ3) is 11.6. The largest absolute Gasteiger partial charge is 0.508 e. The molecule has 3 rings (SSSR count). The van der Waals surface area contributed by atoms with Gasteiger partial charge in [0.15, 0.2) is 5.82 Å². The number of ether oxygens (including phenoxy) is 3. The fourth-order valence-corrected chi connectivity index (χ4v) is 3.56. The molecule has 1 aliphatic rings. The minimum absolute atomic E-state index is 0.110. The van der Waals surface area contributed by atoms with E-state index >= 15 is 0 Å². The number of carbonyl (C=O) groups is 3. The molecule has 2 aromatic rings. The first kappa shape index (κ1) is 31.1. The van der Waals surface area contributed by atoms with Crippen LogP contribution in [0.15, 0.2) is 18.5 Å². The van der Waals surface area contributed by atoms with Crippen molar-refractivity contribution in [3.05, 3.63) is 24.2 Å². The summed E-state index contributed by atoms with van der Waals surface area (Å²) in [6.45, 7) is 7.23. The topological polar surface area (TPSA) is 199 Å². The summed E-state index contributed by atoms with van der Waals surface area (Å²) in [6, 6.07) is 3.80. The molecule has 0 radical (unpaired) electrons. The predicted octanol–water partition coefficient (Wildman–Crippen LogP) is 3.73. The first-order chi connectivity index (χ1) is 17.7. The van der Waals surface area contributed by atoms with E-state index in [4.69, 9.17) is 35.4 Å². The molecule has 0 aliphatic carbocycles. The Morgan fingerprint density at radius 2 is 1.76 bits per heavy atom. The lowest BCUT2D eigenvalue weighted by Crippen LogP contribution is -2.21. The number of hydrogen-bond acceptors (Lipinski definition) is 10. The number of aromatic nitrogens is 3. The van der Waals surface area contributed by atoms with Gasteiger partial charge in [0.2, 0.25) is 0 Å². The highest BCUT2D eigenvalue weighted by Gasteiger charge is 2.30. The Morgan fingerprint density at radius 1 is 1.14 bits per heavy atom. The van der Waals surface area contributed by atoms with E-state index in [0.717, 1.165) is 36.9 Å². The number of carbonyl (C=O) groups excluding carboxylic acids is 1. The SMILES string of the molecule is C#N.CC(C)OC(=O)OCC1CCC(c2ccc3c(N)ncnn23)O1.O=C(O)CCCCCCC(=O)O. The second-order valence-corrected chi connectivity index (χ2v) is 8.45. The molecule has 0 bridgehead atoms. The minimum atomic E-state index is -0.784. The third-order valence-corrected chi connectivity index (χ3v) is 5.20. The van der Waals surface area contributed by atoms with E-state index < -0.39 is 18.1 Å². The van der Waals surface area contributed by atoms with Gasteiger partial charge in [0, 0.05) is 19.4 Å². The van der Waals surface area contributed by atoms with Crippen LogP contribution < -0.4 is 5.73 Å². The van der Waals surface area contributed by atoms with E-state index in [0.29, 0.717) is 18.7 Å². The van der Waals surface area contributed by atoms with Crippen molar-refractivity contribution >= 4 is 29.4 Å². The highest BCUT2D eigenvalue weighted by Crippen LogP contribution is 2.33. The summed E-state index contributed by atoms with van der Waals surface area (Å²) in [6.07, 6.45) is 5.20. The number of rotatable bonds is 11. The molecule has 0 saturated carbocycles. The summed E-state index contributed by atoms with van der Waals surface area (Å²) in [5.74, 6) is -1.14. The van der Waals surface area contributed by atoms with E-state index in [9.17, 15) is 14.4 Å². The number of carboxylic acids is 2. The third-order valence-electron chi connectivity index (χ3n) is 5.20. The summed E-state index contributed by atoms with van der Waals surface area (Å²) in [7, 11) is 0. The monoisotopic (exact) mass is 521 g/mol. The maximum Gasteiger partial charge on any atom is 0.508 e. The smallest absolute Gasteiger partial charge is 0.481 e. The van der Waals surface area contributed by atoms with Gasteiger partial charge in [0.25, 0.3) is 0 Å². The van der Waals surface area contributed by atoms with Crippen LogP contribution in [0.2, 0.25) is 0 Å². The fraction of sp³-hybridized carbons (Fsp3) is 0.583. The Kier molecular flexibility index (Phi) is 14.0. The Labute approximate surface area is 215 Å². The van der Waals surface area contributed by atoms with Crippen molar-refractivity contribution in [2.75, 3.05) is 12.3 Å². The first-order valence-corrected chi connectivity index (χ1v) is 11.9. The van der Waals surface area contributed by atoms with Gasteiger partial charge in [0.05, 0.1) is 17.9 Å². The molecular formula is C24H35N5O8. The second kappa shape index (κ2) is 16.7. The van der Waals surface area contributed by atoms with Crippen molar-refractivity contribution in [3.63, 3.8) is 0 Å². The molecule has 0 aromatic carbocycles. The maximum absolute atomic E-state index is 11.4. The number of hydrogen-bond donors (Lipinski definition) is 3. The average molecular weight is 522 g/mol. The number of unbranched alkanes of at least 4 members (excludes halogenated alkanes) is 3. The molecule has 2 aromatic heterocycles. The number of carboxylic acid groups (broad SMARTS) is 2. The number of nitriles is 1. The van der Waals surface area contributed by atoms with Gasteiger partial charge in [-0.3, -0.25) is 9.59 Å². The van der Waals surface area contributed by atoms with Gasteiger partial charge >= 0.3 is 18.1 Å². The van der Waals surface area contributed by atoms with Crippen LogP contribution in [0.1, 0.15) is 77.0 Å². The number of anilines is 1. The number of aliphatic carboxylic acids is 2. The predicted molar refractivity (Wildman–Crippen MR) is 131 cm³/mol. The zero-order valence-corrected chi connectivity index (χ0v) is 21.1. The van der Waals surface area contributed by atoms with Crippen LogP contribution in [0.25, 0.3) is 5.52 Å². The van der Waals surface area contributed by atoms with Gasteiger partial charge in [-0.05, 0) is 51.7 Å². The summed E-state index contributed by atoms with van der Waals surface area (Å²) < 4.78 is 17.7. The van der Waals surface area contributed by atoms with Crippen molar-refractivity contribution < 1.29 is 38.8 Å². The lowest BCUT2D eigenvalue weighted by Gasteiger charge is -2.14. The van der Waals surface area contributed by atoms with Gasteiger partial charge in [-0.1, -0.05) is 12.8 Å². The zero-order chi connectivity index (χ0) is 27.8. The second-order valence-electron chi connectivity index (χ2n) is 8.45. The summed E-state index contributed by atoms with van der Waals surface area (Å²) >= 11 is 0. The highest BCUT2D eigenvalue weighted by molar-refractivity contribution is 5.67. The first-order valence-electron chi connectivity index (χ1n) is 11.9. The Bertz CT molecular complexity index is 1000. The van der Waals surface area contributed by atoms with Gasteiger partial charge in [-0.2, -0.15) is 5.10 Å². The van der Waals surface area contributed by atoms with Gasteiger partial charge in [0.1, 0.15) is 24.6 Å². The molecule has 1 saturated heterocycles. The molecule has 204 valence electrons. The van der Waals surface area contributed by atoms with Gasteiger partial charge < -0.3 is 30.2 Å². The number of fused-ring (bicyclic) bond motifs is 1. The molecule has 2 unspecified atom stereocenters. The van der Waals surface area contributed by atoms with Crippen molar-refractivity contribution in [2.24, 2.45) is 0 Å². The molecule has 4 N–H and O–H groups in total. The Balaban J connectivity index is 0.000000417. The van der Waals surface area contributed by atoms with E-state index in [1.165, 1.54) is 6.33 Å². The minimum Gasteiger partial charge on any atom is -0.481 e. The Hall–Kier alpha value is -3.92. The van der Waals surface area contributed by atoms with Crippen LogP contribution in [0, 0.1) is 11.8 Å². The van der Waals surface area contributed by atoms with E-state index in [-0.39, 0.29) is 37.8 Å². The van der Waals surface area contributed by atoms with Crippen LogP contribution in [0.5, 0.6) is 0 Å². The van der Waals surface area contributed by atoms with Crippen molar-refractivity contribution in [2.45, 2.75) is 83.5 Å².